The van der Waals surface area contributed by atoms with Gasteiger partial charge >= 0.3 is 0 Å². The van der Waals surface area contributed by atoms with Crippen LogP contribution in [0.2, 0.25) is 0 Å². The predicted molar refractivity (Wildman–Crippen MR) is 96.4 cm³/mol. The summed E-state index contributed by atoms with van der Waals surface area (Å²) in [5.41, 5.74) is 0.857. The summed E-state index contributed by atoms with van der Waals surface area (Å²) in [6.07, 6.45) is 6.65. The Kier molecular flexibility index (Phi) is 4.09. The van der Waals surface area contributed by atoms with Crippen LogP contribution in [0.5, 0.6) is 11.5 Å². The zero-order chi connectivity index (χ0) is 16.9. The Morgan fingerprint density at radius 3 is 2.46 bits per heavy atom. The molecule has 4 nitrogen and oxygen atoms in total. The van der Waals surface area contributed by atoms with Gasteiger partial charge in [0.15, 0.2) is 11.5 Å². The number of hydrogen-bond donors (Lipinski definition) is 2. The maximum atomic E-state index is 10.9. The zero-order valence-electron chi connectivity index (χ0n) is 14.4. The first-order valence-electron chi connectivity index (χ1n) is 8.82. The topological polar surface area (TPSA) is 50.7 Å². The van der Waals surface area contributed by atoms with Crippen molar-refractivity contribution in [2.75, 3.05) is 14.2 Å². The Morgan fingerprint density at radius 2 is 1.88 bits per heavy atom. The fourth-order valence-electron chi connectivity index (χ4n) is 5.78. The molecule has 24 heavy (non-hydrogen) atoms. The van der Waals surface area contributed by atoms with Crippen molar-refractivity contribution >= 4 is 15.9 Å². The van der Waals surface area contributed by atoms with Gasteiger partial charge in [0.25, 0.3) is 0 Å². The number of rotatable bonds is 5. The number of aliphatic hydroxyl groups is 1. The van der Waals surface area contributed by atoms with Crippen LogP contribution in [0.25, 0.3) is 0 Å². The molecular formula is C19H26BrNO3. The maximum absolute atomic E-state index is 10.9. The lowest BCUT2D eigenvalue weighted by atomic mass is 9.51. The lowest BCUT2D eigenvalue weighted by Gasteiger charge is -2.60. The molecular weight excluding hydrogens is 370 g/mol. The van der Waals surface area contributed by atoms with Crippen LogP contribution in [0.1, 0.15) is 44.1 Å². The molecule has 0 aliphatic heterocycles. The van der Waals surface area contributed by atoms with E-state index in [2.05, 4.69) is 27.3 Å². The minimum Gasteiger partial charge on any atom is -0.493 e. The van der Waals surface area contributed by atoms with Crippen LogP contribution in [-0.2, 0) is 6.54 Å². The number of ether oxygens (including phenoxy) is 2. The second-order valence-electron chi connectivity index (χ2n) is 8.13. The Bertz CT molecular complexity index is 634. The van der Waals surface area contributed by atoms with Gasteiger partial charge in [-0.25, -0.2) is 0 Å². The quantitative estimate of drug-likeness (QED) is 0.798. The van der Waals surface area contributed by atoms with Crippen LogP contribution >= 0.6 is 15.9 Å². The largest absolute Gasteiger partial charge is 0.493 e. The van der Waals surface area contributed by atoms with E-state index in [4.69, 9.17) is 9.47 Å². The summed E-state index contributed by atoms with van der Waals surface area (Å²) in [5, 5.41) is 14.7. The van der Waals surface area contributed by atoms with Crippen LogP contribution in [0.15, 0.2) is 16.6 Å². The molecule has 2 N–H and O–H groups in total. The first-order chi connectivity index (χ1) is 11.4. The van der Waals surface area contributed by atoms with Gasteiger partial charge in [0.05, 0.1) is 24.3 Å². The fraction of sp³-hybridized carbons (Fsp3) is 0.684. The summed E-state index contributed by atoms with van der Waals surface area (Å²) in [5.74, 6) is 2.86. The molecule has 0 amide bonds. The number of halogens is 1. The molecule has 1 aromatic carbocycles. The highest BCUT2D eigenvalue weighted by atomic mass is 79.9. The standard InChI is InChI=1S/C19H26BrNO3/c1-23-16-5-12(4-15(20)17(16)24-2)10-21-18-6-13-3-14(7-18)9-19(22,8-13)11-18/h4-5,13-14,21-22H,3,6-11H2,1-2H3. The number of methoxy groups -OCH3 is 2. The lowest BCUT2D eigenvalue weighted by Crippen LogP contribution is -2.64. The van der Waals surface area contributed by atoms with E-state index in [1.807, 2.05) is 6.07 Å². The molecule has 4 fully saturated rings. The van der Waals surface area contributed by atoms with Crippen LogP contribution in [-0.4, -0.2) is 30.5 Å². The smallest absolute Gasteiger partial charge is 0.174 e. The van der Waals surface area contributed by atoms with E-state index in [1.165, 1.54) is 24.8 Å². The molecule has 132 valence electrons. The minimum atomic E-state index is -0.421. The highest BCUT2D eigenvalue weighted by Gasteiger charge is 2.56. The Hall–Kier alpha value is -0.780. The monoisotopic (exact) mass is 395 g/mol. The molecule has 0 heterocycles. The molecule has 2 atom stereocenters. The van der Waals surface area contributed by atoms with E-state index in [0.717, 1.165) is 41.8 Å². The van der Waals surface area contributed by atoms with Crippen molar-refractivity contribution < 1.29 is 14.6 Å². The van der Waals surface area contributed by atoms with Crippen molar-refractivity contribution in [1.82, 2.24) is 5.32 Å². The average molecular weight is 396 g/mol. The van der Waals surface area contributed by atoms with Crippen molar-refractivity contribution in [1.29, 1.82) is 0 Å². The summed E-state index contributed by atoms with van der Waals surface area (Å²) >= 11 is 3.57. The molecule has 0 aromatic heterocycles. The van der Waals surface area contributed by atoms with Crippen LogP contribution in [0, 0.1) is 11.8 Å². The molecule has 0 spiro atoms. The second-order valence-corrected chi connectivity index (χ2v) is 8.99. The van der Waals surface area contributed by atoms with E-state index >= 15 is 0 Å². The lowest BCUT2D eigenvalue weighted by molar-refractivity contribution is -0.142. The molecule has 0 radical (unpaired) electrons. The summed E-state index contributed by atoms with van der Waals surface area (Å²) in [7, 11) is 3.31. The SMILES string of the molecule is COc1cc(CNC23CC4CC(CC(O)(C4)C2)C3)cc(Br)c1OC. The van der Waals surface area contributed by atoms with Gasteiger partial charge in [-0.05, 0) is 84.0 Å². The van der Waals surface area contributed by atoms with Crippen molar-refractivity contribution in [3.05, 3.63) is 22.2 Å². The average Bonchev–Trinajstić information content (AvgIpc) is 2.50. The van der Waals surface area contributed by atoms with Gasteiger partial charge in [0.2, 0.25) is 0 Å². The van der Waals surface area contributed by atoms with Gasteiger partial charge < -0.3 is 19.9 Å². The second kappa shape index (κ2) is 5.89. The molecule has 4 aliphatic rings. The van der Waals surface area contributed by atoms with Gasteiger partial charge in [-0.3, -0.25) is 0 Å². The van der Waals surface area contributed by atoms with Gasteiger partial charge in [-0.2, -0.15) is 0 Å². The molecule has 4 saturated carbocycles. The predicted octanol–water partition coefficient (Wildman–Crippen LogP) is 3.64. The Labute approximate surface area is 152 Å². The molecule has 2 unspecified atom stereocenters. The van der Waals surface area contributed by atoms with E-state index in [-0.39, 0.29) is 5.54 Å². The molecule has 5 rings (SSSR count). The van der Waals surface area contributed by atoms with Crippen LogP contribution in [0.4, 0.5) is 0 Å². The normalized spacial score (nSPS) is 36.8. The number of nitrogens with one attached hydrogen (secondary N) is 1. The first kappa shape index (κ1) is 16.7. The fourth-order valence-corrected chi connectivity index (χ4v) is 6.44. The third-order valence-corrected chi connectivity index (χ3v) is 6.78. The van der Waals surface area contributed by atoms with Gasteiger partial charge in [-0.1, -0.05) is 0 Å². The first-order valence-corrected chi connectivity index (χ1v) is 9.61. The number of benzene rings is 1. The van der Waals surface area contributed by atoms with Crippen LogP contribution in [0.3, 0.4) is 0 Å². The molecule has 1 aromatic rings. The van der Waals surface area contributed by atoms with Crippen molar-refractivity contribution in [3.8, 4) is 11.5 Å². The summed E-state index contributed by atoms with van der Waals surface area (Å²) < 4.78 is 11.7. The zero-order valence-corrected chi connectivity index (χ0v) is 16.0. The van der Waals surface area contributed by atoms with Gasteiger partial charge in [-0.15, -0.1) is 0 Å². The Balaban J connectivity index is 1.52. The third kappa shape index (κ3) is 2.85. The van der Waals surface area contributed by atoms with Gasteiger partial charge in [0, 0.05) is 12.1 Å². The van der Waals surface area contributed by atoms with Gasteiger partial charge in [0.1, 0.15) is 0 Å². The summed E-state index contributed by atoms with van der Waals surface area (Å²) in [4.78, 5) is 0. The van der Waals surface area contributed by atoms with E-state index in [1.54, 1.807) is 14.2 Å². The molecule has 4 bridgehead atoms. The van der Waals surface area contributed by atoms with Crippen LogP contribution < -0.4 is 14.8 Å². The van der Waals surface area contributed by atoms with E-state index in [9.17, 15) is 5.11 Å². The number of hydrogen-bond acceptors (Lipinski definition) is 4. The summed E-state index contributed by atoms with van der Waals surface area (Å²) in [6.45, 7) is 0.786. The van der Waals surface area contributed by atoms with Crippen molar-refractivity contribution in [3.63, 3.8) is 0 Å². The summed E-state index contributed by atoms with van der Waals surface area (Å²) in [6, 6.07) is 4.12. The van der Waals surface area contributed by atoms with Crippen molar-refractivity contribution in [2.24, 2.45) is 11.8 Å². The molecule has 5 heteroatoms. The minimum absolute atomic E-state index is 0.110. The Morgan fingerprint density at radius 1 is 1.17 bits per heavy atom. The highest BCUT2D eigenvalue weighted by molar-refractivity contribution is 9.10. The van der Waals surface area contributed by atoms with Crippen molar-refractivity contribution in [2.45, 2.75) is 56.2 Å². The van der Waals surface area contributed by atoms with E-state index in [0.29, 0.717) is 11.8 Å². The molecule has 4 aliphatic carbocycles. The van der Waals surface area contributed by atoms with E-state index < -0.39 is 5.60 Å². The maximum Gasteiger partial charge on any atom is 0.174 e. The third-order valence-electron chi connectivity index (χ3n) is 6.19. The molecule has 0 saturated heterocycles. The highest BCUT2D eigenvalue weighted by Crippen LogP contribution is 2.57.